The van der Waals surface area contributed by atoms with E-state index >= 15 is 0 Å². The molecule has 0 unspecified atom stereocenters. The smallest absolute Gasteiger partial charge is 0.0106 e. The predicted molar refractivity (Wildman–Crippen MR) is 51.9 cm³/mol. The molecule has 0 spiro atoms. The van der Waals surface area contributed by atoms with Gasteiger partial charge in [-0.1, -0.05) is 51.7 Å². The van der Waals surface area contributed by atoms with Crippen molar-refractivity contribution in [2.75, 3.05) is 0 Å². The Morgan fingerprint density at radius 3 is 2.36 bits per heavy atom. The van der Waals surface area contributed by atoms with E-state index in [9.17, 15) is 0 Å². The molecule has 53 valence electrons. The van der Waals surface area contributed by atoms with Crippen LogP contribution in [-0.2, 0) is 0 Å². The summed E-state index contributed by atoms with van der Waals surface area (Å²) in [5, 5.41) is 3.70. The first-order valence-electron chi connectivity index (χ1n) is 3.57. The van der Waals surface area contributed by atoms with Crippen LogP contribution in [0.3, 0.4) is 0 Å². The largest absolute Gasteiger partial charge is 0.0627 e. The lowest BCUT2D eigenvalue weighted by molar-refractivity contribution is 1.79. The summed E-state index contributed by atoms with van der Waals surface area (Å²) >= 11 is 0. The van der Waals surface area contributed by atoms with Gasteiger partial charge in [0.2, 0.25) is 0 Å². The van der Waals surface area contributed by atoms with E-state index in [2.05, 4.69) is 33.5 Å². The van der Waals surface area contributed by atoms with Crippen molar-refractivity contribution < 1.29 is 0 Å². The van der Waals surface area contributed by atoms with E-state index in [1.807, 2.05) is 18.2 Å². The van der Waals surface area contributed by atoms with Crippen molar-refractivity contribution in [2.45, 2.75) is 0 Å². The van der Waals surface area contributed by atoms with Crippen molar-refractivity contribution in [1.29, 1.82) is 0 Å². The molecule has 2 aromatic rings. The molecule has 0 heterocycles. The molecular weight excluding hydrogens is 151 g/mol. The third kappa shape index (κ3) is 1.15. The van der Waals surface area contributed by atoms with Crippen molar-refractivity contribution in [2.24, 2.45) is 0 Å². The summed E-state index contributed by atoms with van der Waals surface area (Å²) in [7, 11) is 3.55. The van der Waals surface area contributed by atoms with E-state index in [-0.39, 0.29) is 0 Å². The lowest BCUT2D eigenvalue weighted by Gasteiger charge is -1.98. The maximum Gasteiger partial charge on any atom is -0.0106 e. The van der Waals surface area contributed by atoms with E-state index < -0.39 is 0 Å². The molecule has 0 bridgehead atoms. The highest BCUT2D eigenvalue weighted by Crippen LogP contribution is 2.12. The lowest BCUT2D eigenvalue weighted by Crippen LogP contribution is -1.90. The van der Waals surface area contributed by atoms with Crippen LogP contribution in [0.5, 0.6) is 0 Å². The van der Waals surface area contributed by atoms with Crippen LogP contribution in [0, 0.1) is 0 Å². The van der Waals surface area contributed by atoms with Crippen LogP contribution < -0.4 is 5.30 Å². The Kier molecular flexibility index (Phi) is 1.63. The minimum absolute atomic E-state index is 1.16. The number of fused-ring (bicyclic) bond motifs is 1. The normalized spacial score (nSPS) is 10.3. The van der Waals surface area contributed by atoms with E-state index in [4.69, 9.17) is 0 Å². The minimum Gasteiger partial charge on any atom is -0.0627 e. The van der Waals surface area contributed by atoms with Crippen molar-refractivity contribution >= 4 is 25.3 Å². The van der Waals surface area contributed by atoms with Gasteiger partial charge in [-0.25, -0.2) is 0 Å². The van der Waals surface area contributed by atoms with Gasteiger partial charge in [0.05, 0.1) is 0 Å². The minimum atomic E-state index is 1.16. The van der Waals surface area contributed by atoms with Crippen molar-refractivity contribution in [3.63, 3.8) is 0 Å². The Hall–Kier alpha value is -0.870. The van der Waals surface area contributed by atoms with Gasteiger partial charge in [0.25, 0.3) is 0 Å². The summed E-state index contributed by atoms with van der Waals surface area (Å²) in [6, 6.07) is 14.5. The van der Waals surface area contributed by atoms with Crippen LogP contribution in [0.25, 0.3) is 10.8 Å². The second-order valence-corrected chi connectivity index (χ2v) is 3.07. The first-order chi connectivity index (χ1) is 5.38. The molecule has 0 fully saturated rings. The average molecular weight is 159 g/mol. The van der Waals surface area contributed by atoms with Crippen LogP contribution in [-0.4, -0.2) is 0 Å². The Labute approximate surface area is 68.4 Å². The Morgan fingerprint density at radius 2 is 1.55 bits per heavy atom. The monoisotopic (exact) mass is 159 g/mol. The first-order valence-corrected chi connectivity index (χ1v) is 4.07. The topological polar surface area (TPSA) is 0 Å². The van der Waals surface area contributed by atoms with Gasteiger partial charge in [-0.05, 0) is 16.1 Å². The third-order valence-electron chi connectivity index (χ3n) is 1.79. The van der Waals surface area contributed by atoms with E-state index in [1.54, 1.807) is 0 Å². The van der Waals surface area contributed by atoms with Crippen LogP contribution in [0.2, 0.25) is 0 Å². The fourth-order valence-electron chi connectivity index (χ4n) is 1.23. The highest BCUT2D eigenvalue weighted by molar-refractivity contribution is 7.28. The van der Waals surface area contributed by atoms with Crippen molar-refractivity contribution in [3.05, 3.63) is 42.5 Å². The highest BCUT2D eigenvalue weighted by atomic mass is 31.0. The molecule has 0 nitrogen and oxygen atoms in total. The molecule has 2 rings (SSSR count). The zero-order valence-electron chi connectivity index (χ0n) is 6.04. The summed E-state index contributed by atoms with van der Waals surface area (Å²) in [6.45, 7) is 0. The van der Waals surface area contributed by atoms with Crippen LogP contribution in [0.15, 0.2) is 42.5 Å². The van der Waals surface area contributed by atoms with E-state index in [0.717, 1.165) is 5.30 Å². The van der Waals surface area contributed by atoms with E-state index in [0.29, 0.717) is 0 Å². The molecule has 0 aliphatic carbocycles. The zero-order chi connectivity index (χ0) is 7.68. The number of hydrogen-bond donors (Lipinski definition) is 0. The highest BCUT2D eigenvalue weighted by Gasteiger charge is 1.92. The average Bonchev–Trinajstić information content (AvgIpc) is 2.06. The predicted octanol–water partition coefficient (Wildman–Crippen LogP) is 2.61. The van der Waals surface area contributed by atoms with Crippen LogP contribution >= 0.6 is 9.24 Å². The van der Waals surface area contributed by atoms with Gasteiger partial charge in [-0.2, -0.15) is 0 Å². The fraction of sp³-hybridized carbons (Fsp3) is 0. The van der Waals surface area contributed by atoms with Crippen molar-refractivity contribution in [1.82, 2.24) is 0 Å². The second-order valence-electron chi connectivity index (χ2n) is 2.53. The molecule has 0 saturated heterocycles. The van der Waals surface area contributed by atoms with Gasteiger partial charge < -0.3 is 0 Å². The summed E-state index contributed by atoms with van der Waals surface area (Å²) < 4.78 is 0. The van der Waals surface area contributed by atoms with Gasteiger partial charge in [0.15, 0.2) is 0 Å². The summed E-state index contributed by atoms with van der Waals surface area (Å²) in [5.41, 5.74) is 0. The maximum atomic E-state index is 3.55. The van der Waals surface area contributed by atoms with Gasteiger partial charge >= 0.3 is 0 Å². The molecule has 2 aromatic carbocycles. The number of rotatable bonds is 0. The maximum absolute atomic E-state index is 3.55. The van der Waals surface area contributed by atoms with Crippen LogP contribution in [0.4, 0.5) is 0 Å². The lowest BCUT2D eigenvalue weighted by atomic mass is 10.1. The second kappa shape index (κ2) is 2.64. The third-order valence-corrected chi connectivity index (χ3v) is 2.23. The number of hydrogen-bond acceptors (Lipinski definition) is 0. The molecule has 0 aromatic heterocycles. The Balaban J connectivity index is 2.91. The van der Waals surface area contributed by atoms with Gasteiger partial charge in [-0.3, -0.25) is 0 Å². The molecule has 0 atom stereocenters. The molecule has 0 amide bonds. The Bertz CT molecular complexity index is 374. The van der Waals surface area contributed by atoms with Gasteiger partial charge in [-0.15, -0.1) is 0 Å². The molecule has 1 heteroatoms. The molecule has 11 heavy (non-hydrogen) atoms. The van der Waals surface area contributed by atoms with Gasteiger partial charge in [0.1, 0.15) is 0 Å². The first kappa shape index (κ1) is 6.82. The number of benzene rings is 2. The molecular formula is C10H8P. The standard InChI is InChI=1S/C10H8P/c11-10-7-3-5-8-4-1-2-6-9(8)10/h1-7,11H. The molecule has 0 saturated carbocycles. The molecule has 0 aliphatic rings. The summed E-state index contributed by atoms with van der Waals surface area (Å²) in [6.07, 6.45) is 0. The fourth-order valence-corrected chi connectivity index (χ4v) is 1.55. The summed E-state index contributed by atoms with van der Waals surface area (Å²) in [4.78, 5) is 0. The van der Waals surface area contributed by atoms with Crippen LogP contribution in [0.1, 0.15) is 0 Å². The molecule has 0 N–H and O–H groups in total. The zero-order valence-corrected chi connectivity index (χ0v) is 7.04. The molecule has 1 radical (unpaired) electrons. The molecule has 0 aliphatic heterocycles. The SMILES string of the molecule is [PH]c1cccc2ccccc12. The Morgan fingerprint density at radius 1 is 0.818 bits per heavy atom. The van der Waals surface area contributed by atoms with Crippen molar-refractivity contribution in [3.8, 4) is 0 Å². The summed E-state index contributed by atoms with van der Waals surface area (Å²) in [5.74, 6) is 0. The quantitative estimate of drug-likeness (QED) is 0.518. The van der Waals surface area contributed by atoms with E-state index in [1.165, 1.54) is 10.8 Å². The van der Waals surface area contributed by atoms with Gasteiger partial charge in [0, 0.05) is 0 Å².